The van der Waals surface area contributed by atoms with E-state index in [9.17, 15) is 14.9 Å². The van der Waals surface area contributed by atoms with E-state index < -0.39 is 5.91 Å². The van der Waals surface area contributed by atoms with Crippen LogP contribution in [0.4, 0.5) is 0 Å². The largest absolute Gasteiger partial charge is 0.366 e. The smallest absolute Gasteiger partial charge is 0.268 e. The zero-order valence-corrected chi connectivity index (χ0v) is 16.7. The zero-order chi connectivity index (χ0) is 21.8. The van der Waals surface area contributed by atoms with Gasteiger partial charge >= 0.3 is 0 Å². The molecule has 1 aromatic heterocycles. The predicted octanol–water partition coefficient (Wildman–Crippen LogP) is 3.59. The highest BCUT2D eigenvalue weighted by atomic mass is 16.2. The van der Waals surface area contributed by atoms with Crippen LogP contribution in [-0.4, -0.2) is 16.4 Å². The van der Waals surface area contributed by atoms with Crippen molar-refractivity contribution in [2.24, 2.45) is 5.73 Å². The minimum absolute atomic E-state index is 0.225. The summed E-state index contributed by atoms with van der Waals surface area (Å²) < 4.78 is 1.95. The van der Waals surface area contributed by atoms with Crippen LogP contribution in [0.15, 0.2) is 78.9 Å². The normalized spacial score (nSPS) is 10.5. The lowest BCUT2D eigenvalue weighted by Crippen LogP contribution is -2.26. The van der Waals surface area contributed by atoms with E-state index in [1.807, 2.05) is 59.2 Å². The van der Waals surface area contributed by atoms with E-state index in [-0.39, 0.29) is 12.5 Å². The number of benzene rings is 3. The Balaban J connectivity index is 1.63. The number of amides is 2. The number of para-hydroxylation sites is 1. The number of aromatic nitrogens is 1. The maximum absolute atomic E-state index is 13.1. The summed E-state index contributed by atoms with van der Waals surface area (Å²) in [6.07, 6.45) is 0. The van der Waals surface area contributed by atoms with Gasteiger partial charge in [-0.15, -0.1) is 0 Å². The first-order valence-electron chi connectivity index (χ1n) is 9.79. The van der Waals surface area contributed by atoms with Crippen molar-refractivity contribution in [3.8, 4) is 6.07 Å². The summed E-state index contributed by atoms with van der Waals surface area (Å²) in [5.41, 5.74) is 9.49. The summed E-state index contributed by atoms with van der Waals surface area (Å²) in [4.78, 5) is 24.5. The fourth-order valence-electron chi connectivity index (χ4n) is 3.60. The standard InChI is InChI=1S/C25H20N4O2/c26-14-17-5-3-7-19(11-17)16-29-22-10-2-1-8-20(22)13-23(29)25(31)28-15-18-6-4-9-21(12-18)24(27)30/h1-13H,15-16H2,(H2,27,30)(H,28,31). The number of carbonyl (C=O) groups excluding carboxylic acids is 2. The number of nitrogens with two attached hydrogens (primary N) is 1. The fourth-order valence-corrected chi connectivity index (χ4v) is 3.60. The second-order valence-electron chi connectivity index (χ2n) is 7.23. The van der Waals surface area contributed by atoms with Crippen LogP contribution in [0.3, 0.4) is 0 Å². The van der Waals surface area contributed by atoms with Crippen LogP contribution in [0.25, 0.3) is 10.9 Å². The summed E-state index contributed by atoms with van der Waals surface area (Å²) in [6.45, 7) is 0.730. The van der Waals surface area contributed by atoms with Crippen molar-refractivity contribution in [3.05, 3.63) is 107 Å². The minimum Gasteiger partial charge on any atom is -0.366 e. The molecule has 0 bridgehead atoms. The second-order valence-corrected chi connectivity index (χ2v) is 7.23. The number of hydrogen-bond donors (Lipinski definition) is 2. The Morgan fingerprint density at radius 1 is 0.935 bits per heavy atom. The van der Waals surface area contributed by atoms with Crippen LogP contribution in [-0.2, 0) is 13.1 Å². The molecule has 152 valence electrons. The van der Waals surface area contributed by atoms with Crippen LogP contribution in [0.2, 0.25) is 0 Å². The van der Waals surface area contributed by atoms with Crippen molar-refractivity contribution in [2.45, 2.75) is 13.1 Å². The number of nitriles is 1. The Labute approximate surface area is 179 Å². The molecule has 0 saturated heterocycles. The fraction of sp³-hybridized carbons (Fsp3) is 0.0800. The van der Waals surface area contributed by atoms with Crippen LogP contribution in [0.1, 0.15) is 37.5 Å². The first-order chi connectivity index (χ1) is 15.0. The highest BCUT2D eigenvalue weighted by molar-refractivity contribution is 5.99. The quantitative estimate of drug-likeness (QED) is 0.510. The summed E-state index contributed by atoms with van der Waals surface area (Å²) in [5.74, 6) is -0.731. The summed E-state index contributed by atoms with van der Waals surface area (Å²) in [6, 6.07) is 26.0. The first kappa shape index (κ1) is 19.9. The van der Waals surface area contributed by atoms with E-state index in [4.69, 9.17) is 5.73 Å². The van der Waals surface area contributed by atoms with Crippen LogP contribution < -0.4 is 11.1 Å². The van der Waals surface area contributed by atoms with Crippen molar-refractivity contribution in [2.75, 3.05) is 0 Å². The Morgan fingerprint density at radius 3 is 2.52 bits per heavy atom. The Kier molecular flexibility index (Phi) is 5.50. The van der Waals surface area contributed by atoms with Gasteiger partial charge in [0.2, 0.25) is 5.91 Å². The van der Waals surface area contributed by atoms with Gasteiger partial charge in [0.1, 0.15) is 5.69 Å². The molecule has 0 aliphatic carbocycles. The molecule has 2 amide bonds. The molecule has 0 fully saturated rings. The lowest BCUT2D eigenvalue weighted by molar-refractivity contribution is 0.0942. The maximum atomic E-state index is 13.1. The van der Waals surface area contributed by atoms with Gasteiger partial charge in [0.05, 0.1) is 11.6 Å². The van der Waals surface area contributed by atoms with E-state index in [0.29, 0.717) is 23.4 Å². The Bertz CT molecular complexity index is 1330. The molecule has 0 aliphatic heterocycles. The van der Waals surface area contributed by atoms with Crippen LogP contribution >= 0.6 is 0 Å². The Morgan fingerprint density at radius 2 is 1.71 bits per heavy atom. The molecule has 0 unspecified atom stereocenters. The van der Waals surface area contributed by atoms with Gasteiger partial charge in [-0.3, -0.25) is 9.59 Å². The molecular weight excluding hydrogens is 388 g/mol. The summed E-state index contributed by atoms with van der Waals surface area (Å²) in [5, 5.41) is 13.1. The lowest BCUT2D eigenvalue weighted by atomic mass is 10.1. The number of nitrogens with zero attached hydrogens (tertiary/aromatic N) is 2. The van der Waals surface area contributed by atoms with Gasteiger partial charge in [-0.2, -0.15) is 5.26 Å². The highest BCUT2D eigenvalue weighted by Gasteiger charge is 2.16. The average Bonchev–Trinajstić information content (AvgIpc) is 3.16. The van der Waals surface area contributed by atoms with Crippen molar-refractivity contribution in [3.63, 3.8) is 0 Å². The van der Waals surface area contributed by atoms with Gasteiger partial charge in [-0.25, -0.2) is 0 Å². The molecule has 4 aromatic rings. The molecule has 1 heterocycles. The number of rotatable bonds is 6. The number of fused-ring (bicyclic) bond motifs is 1. The molecule has 0 aliphatic rings. The molecule has 6 nitrogen and oxygen atoms in total. The van der Waals surface area contributed by atoms with Crippen LogP contribution in [0.5, 0.6) is 0 Å². The van der Waals surface area contributed by atoms with E-state index in [1.165, 1.54) is 0 Å². The van der Waals surface area contributed by atoms with Gasteiger partial charge in [0.25, 0.3) is 5.91 Å². The molecule has 0 spiro atoms. The topological polar surface area (TPSA) is 101 Å². The number of nitrogens with one attached hydrogen (secondary N) is 1. The molecular formula is C25H20N4O2. The van der Waals surface area contributed by atoms with Gasteiger partial charge in [-0.1, -0.05) is 42.5 Å². The first-order valence-corrected chi connectivity index (χ1v) is 9.79. The average molecular weight is 408 g/mol. The SMILES string of the molecule is N#Cc1cccc(Cn2c(C(=O)NCc3cccc(C(N)=O)c3)cc3ccccc32)c1. The summed E-state index contributed by atoms with van der Waals surface area (Å²) in [7, 11) is 0. The van der Waals surface area contributed by atoms with Crippen molar-refractivity contribution in [1.29, 1.82) is 5.26 Å². The molecule has 0 radical (unpaired) electrons. The summed E-state index contributed by atoms with van der Waals surface area (Å²) >= 11 is 0. The van der Waals surface area contributed by atoms with Crippen LogP contribution in [0, 0.1) is 11.3 Å². The monoisotopic (exact) mass is 408 g/mol. The Hall–Kier alpha value is -4.37. The van der Waals surface area contributed by atoms with Crippen molar-refractivity contribution < 1.29 is 9.59 Å². The molecule has 3 aromatic carbocycles. The minimum atomic E-state index is -0.507. The molecule has 3 N–H and O–H groups in total. The third-order valence-electron chi connectivity index (χ3n) is 5.10. The highest BCUT2D eigenvalue weighted by Crippen LogP contribution is 2.22. The number of carbonyl (C=O) groups is 2. The van der Waals surface area contributed by atoms with E-state index in [1.54, 1.807) is 24.3 Å². The zero-order valence-electron chi connectivity index (χ0n) is 16.7. The van der Waals surface area contributed by atoms with Gasteiger partial charge in [0, 0.05) is 29.6 Å². The third kappa shape index (κ3) is 4.31. The molecule has 0 saturated carbocycles. The van der Waals surface area contributed by atoms with E-state index in [2.05, 4.69) is 11.4 Å². The van der Waals surface area contributed by atoms with Crippen molar-refractivity contribution >= 4 is 22.7 Å². The molecule has 6 heteroatoms. The van der Waals surface area contributed by atoms with E-state index in [0.717, 1.165) is 22.0 Å². The van der Waals surface area contributed by atoms with Gasteiger partial charge < -0.3 is 15.6 Å². The number of hydrogen-bond acceptors (Lipinski definition) is 3. The lowest BCUT2D eigenvalue weighted by Gasteiger charge is -2.12. The maximum Gasteiger partial charge on any atom is 0.268 e. The van der Waals surface area contributed by atoms with E-state index >= 15 is 0 Å². The second kappa shape index (κ2) is 8.56. The third-order valence-corrected chi connectivity index (χ3v) is 5.10. The molecule has 4 rings (SSSR count). The van der Waals surface area contributed by atoms with Gasteiger partial charge in [-0.05, 0) is 47.5 Å². The van der Waals surface area contributed by atoms with Gasteiger partial charge in [0.15, 0.2) is 0 Å². The van der Waals surface area contributed by atoms with Crippen molar-refractivity contribution in [1.82, 2.24) is 9.88 Å². The number of primary amides is 1. The molecule has 0 atom stereocenters. The molecule has 31 heavy (non-hydrogen) atoms. The predicted molar refractivity (Wildman–Crippen MR) is 118 cm³/mol.